The summed E-state index contributed by atoms with van der Waals surface area (Å²) >= 11 is 0. The third-order valence-corrected chi connectivity index (χ3v) is 5.49. The second kappa shape index (κ2) is 8.27. The number of methoxy groups -OCH3 is 2. The first-order valence-corrected chi connectivity index (χ1v) is 9.50. The minimum Gasteiger partial charge on any atom is -0.493 e. The van der Waals surface area contributed by atoms with Gasteiger partial charge in [0.15, 0.2) is 11.5 Å². The highest BCUT2D eigenvalue weighted by Crippen LogP contribution is 2.31. The van der Waals surface area contributed by atoms with Crippen LogP contribution in [0.1, 0.15) is 30.9 Å². The maximum atomic E-state index is 12.2. The van der Waals surface area contributed by atoms with E-state index in [1.54, 1.807) is 14.2 Å². The highest BCUT2D eigenvalue weighted by molar-refractivity contribution is 5.81. The van der Waals surface area contributed by atoms with E-state index in [2.05, 4.69) is 28.1 Å². The Hall–Kier alpha value is -1.79. The number of ether oxygens (including phenoxy) is 2. The van der Waals surface area contributed by atoms with Crippen LogP contribution in [0.3, 0.4) is 0 Å². The third-order valence-electron chi connectivity index (χ3n) is 5.49. The van der Waals surface area contributed by atoms with E-state index >= 15 is 0 Å². The van der Waals surface area contributed by atoms with Gasteiger partial charge in [0.1, 0.15) is 0 Å². The van der Waals surface area contributed by atoms with Crippen molar-refractivity contribution in [2.45, 2.75) is 45.3 Å². The molecule has 2 fully saturated rings. The maximum Gasteiger partial charge on any atom is 0.237 e. The topological polar surface area (TPSA) is 54.0 Å². The molecular weight excluding hydrogens is 330 g/mol. The van der Waals surface area contributed by atoms with Crippen molar-refractivity contribution in [2.75, 3.05) is 40.4 Å². The molecule has 6 heteroatoms. The van der Waals surface area contributed by atoms with Crippen molar-refractivity contribution in [1.82, 2.24) is 15.1 Å². The Morgan fingerprint density at radius 1 is 1.15 bits per heavy atom. The van der Waals surface area contributed by atoms with Crippen molar-refractivity contribution in [3.05, 3.63) is 23.3 Å². The van der Waals surface area contributed by atoms with Gasteiger partial charge in [-0.2, -0.15) is 0 Å². The summed E-state index contributed by atoms with van der Waals surface area (Å²) in [5, 5.41) is 3.11. The van der Waals surface area contributed by atoms with Crippen molar-refractivity contribution in [3.63, 3.8) is 0 Å². The van der Waals surface area contributed by atoms with Crippen molar-refractivity contribution in [3.8, 4) is 11.5 Å². The molecule has 1 saturated heterocycles. The molecule has 0 spiro atoms. The van der Waals surface area contributed by atoms with E-state index in [-0.39, 0.29) is 11.9 Å². The zero-order chi connectivity index (χ0) is 18.7. The van der Waals surface area contributed by atoms with Gasteiger partial charge in [-0.05, 0) is 49.9 Å². The van der Waals surface area contributed by atoms with E-state index in [0.717, 1.165) is 57.1 Å². The fourth-order valence-corrected chi connectivity index (χ4v) is 3.46. The van der Waals surface area contributed by atoms with Crippen LogP contribution >= 0.6 is 0 Å². The van der Waals surface area contributed by atoms with Crippen molar-refractivity contribution >= 4 is 5.91 Å². The van der Waals surface area contributed by atoms with Crippen LogP contribution in [0.25, 0.3) is 0 Å². The number of hydrogen-bond donors (Lipinski definition) is 1. The molecule has 1 atom stereocenters. The van der Waals surface area contributed by atoms with Crippen molar-refractivity contribution < 1.29 is 14.3 Å². The average molecular weight is 361 g/mol. The average Bonchev–Trinajstić information content (AvgIpc) is 3.47. The van der Waals surface area contributed by atoms with Crippen molar-refractivity contribution in [1.29, 1.82) is 0 Å². The Morgan fingerprint density at radius 2 is 1.77 bits per heavy atom. The number of carbonyl (C=O) groups excluding carboxylic acids is 1. The molecule has 0 unspecified atom stereocenters. The molecule has 1 aromatic carbocycles. The minimum atomic E-state index is -0.0411. The lowest BCUT2D eigenvalue weighted by Gasteiger charge is -2.37. The van der Waals surface area contributed by atoms with Gasteiger partial charge in [-0.15, -0.1) is 0 Å². The molecule has 1 saturated carbocycles. The van der Waals surface area contributed by atoms with Crippen LogP contribution in [0.15, 0.2) is 12.1 Å². The smallest absolute Gasteiger partial charge is 0.237 e. The number of rotatable bonds is 7. The fraction of sp³-hybridized carbons (Fsp3) is 0.650. The number of nitrogens with zero attached hydrogens (tertiary/aromatic N) is 2. The van der Waals surface area contributed by atoms with Crippen LogP contribution in [0.4, 0.5) is 0 Å². The summed E-state index contributed by atoms with van der Waals surface area (Å²) in [5.74, 6) is 1.72. The van der Waals surface area contributed by atoms with E-state index < -0.39 is 0 Å². The summed E-state index contributed by atoms with van der Waals surface area (Å²) in [6.45, 7) is 8.80. The lowest BCUT2D eigenvalue weighted by molar-refractivity contribution is -0.126. The molecule has 1 aliphatic carbocycles. The first kappa shape index (κ1) is 19.0. The van der Waals surface area contributed by atoms with Gasteiger partial charge in [-0.25, -0.2) is 0 Å². The van der Waals surface area contributed by atoms with E-state index in [1.165, 1.54) is 11.1 Å². The first-order valence-electron chi connectivity index (χ1n) is 9.50. The predicted octanol–water partition coefficient (Wildman–Crippen LogP) is 1.80. The maximum absolute atomic E-state index is 12.2. The molecule has 144 valence electrons. The Labute approximate surface area is 156 Å². The standard InChI is InChI=1S/C20H31N3O3/c1-14-11-18(25-3)19(26-4)12-16(14)13-22-7-9-23(10-8-22)15(2)20(24)21-17-5-6-17/h11-12,15,17H,5-10,13H2,1-4H3,(H,21,24)/t15-/m1/s1. The molecule has 3 rings (SSSR count). The summed E-state index contributed by atoms with van der Waals surface area (Å²) in [5.41, 5.74) is 2.47. The molecule has 1 aliphatic heterocycles. The molecule has 0 radical (unpaired) electrons. The van der Waals surface area contributed by atoms with Crippen LogP contribution in [-0.4, -0.2) is 68.2 Å². The normalized spacial score (nSPS) is 19.8. The van der Waals surface area contributed by atoms with Gasteiger partial charge >= 0.3 is 0 Å². The van der Waals surface area contributed by atoms with Crippen molar-refractivity contribution in [2.24, 2.45) is 0 Å². The number of aryl methyl sites for hydroxylation is 1. The zero-order valence-corrected chi connectivity index (χ0v) is 16.4. The number of piperazine rings is 1. The van der Waals surface area contributed by atoms with E-state index in [9.17, 15) is 4.79 Å². The molecule has 0 bridgehead atoms. The van der Waals surface area contributed by atoms with Gasteiger partial charge in [-0.3, -0.25) is 14.6 Å². The number of amides is 1. The van der Waals surface area contributed by atoms with Crippen LogP contribution in [0, 0.1) is 6.92 Å². The molecule has 6 nitrogen and oxygen atoms in total. The molecule has 1 heterocycles. The van der Waals surface area contributed by atoms with Crippen LogP contribution in [0.2, 0.25) is 0 Å². The molecule has 26 heavy (non-hydrogen) atoms. The van der Waals surface area contributed by atoms with Gasteiger partial charge < -0.3 is 14.8 Å². The zero-order valence-electron chi connectivity index (χ0n) is 16.4. The van der Waals surface area contributed by atoms with Gasteiger partial charge in [0.05, 0.1) is 20.3 Å². The number of carbonyl (C=O) groups is 1. The number of benzene rings is 1. The van der Waals surface area contributed by atoms with E-state index in [1.807, 2.05) is 13.0 Å². The molecule has 1 amide bonds. The first-order chi connectivity index (χ1) is 12.5. The Morgan fingerprint density at radius 3 is 2.35 bits per heavy atom. The monoisotopic (exact) mass is 361 g/mol. The largest absolute Gasteiger partial charge is 0.493 e. The van der Waals surface area contributed by atoms with E-state index in [4.69, 9.17) is 9.47 Å². The van der Waals surface area contributed by atoms with E-state index in [0.29, 0.717) is 6.04 Å². The minimum absolute atomic E-state index is 0.0411. The second-order valence-corrected chi connectivity index (χ2v) is 7.40. The molecule has 1 N–H and O–H groups in total. The Balaban J connectivity index is 1.54. The van der Waals surface area contributed by atoms with Crippen LogP contribution in [-0.2, 0) is 11.3 Å². The van der Waals surface area contributed by atoms with Gasteiger partial charge in [0.25, 0.3) is 0 Å². The molecular formula is C20H31N3O3. The van der Waals surface area contributed by atoms with Crippen LogP contribution in [0.5, 0.6) is 11.5 Å². The summed E-state index contributed by atoms with van der Waals surface area (Å²) < 4.78 is 10.8. The van der Waals surface area contributed by atoms with Crippen LogP contribution < -0.4 is 14.8 Å². The predicted molar refractivity (Wildman–Crippen MR) is 102 cm³/mol. The lowest BCUT2D eigenvalue weighted by Crippen LogP contribution is -2.53. The fourth-order valence-electron chi connectivity index (χ4n) is 3.46. The summed E-state index contributed by atoms with van der Waals surface area (Å²) in [7, 11) is 3.33. The second-order valence-electron chi connectivity index (χ2n) is 7.40. The Bertz CT molecular complexity index is 637. The molecule has 2 aliphatic rings. The number of hydrogen-bond acceptors (Lipinski definition) is 5. The lowest BCUT2D eigenvalue weighted by atomic mass is 10.1. The quantitative estimate of drug-likeness (QED) is 0.803. The summed E-state index contributed by atoms with van der Waals surface area (Å²) in [4.78, 5) is 17.0. The highest BCUT2D eigenvalue weighted by Gasteiger charge is 2.30. The van der Waals surface area contributed by atoms with Gasteiger partial charge in [0, 0.05) is 38.8 Å². The third kappa shape index (κ3) is 4.48. The molecule has 1 aromatic rings. The SMILES string of the molecule is COc1cc(C)c(CN2CCN([C@H](C)C(=O)NC3CC3)CC2)cc1OC. The summed E-state index contributed by atoms with van der Waals surface area (Å²) in [6, 6.07) is 4.50. The molecule has 0 aromatic heterocycles. The highest BCUT2D eigenvalue weighted by atomic mass is 16.5. The summed E-state index contributed by atoms with van der Waals surface area (Å²) in [6.07, 6.45) is 2.27. The van der Waals surface area contributed by atoms with Gasteiger partial charge in [-0.1, -0.05) is 0 Å². The number of nitrogens with one attached hydrogen (secondary N) is 1. The van der Waals surface area contributed by atoms with Gasteiger partial charge in [0.2, 0.25) is 5.91 Å². The Kier molecular flexibility index (Phi) is 6.04.